The van der Waals surface area contributed by atoms with Crippen molar-refractivity contribution in [1.29, 1.82) is 0 Å². The smallest absolute Gasteiger partial charge is 0.232 e. The molecule has 0 aromatic heterocycles. The van der Waals surface area contributed by atoms with Crippen LogP contribution in [0.3, 0.4) is 0 Å². The van der Waals surface area contributed by atoms with Gasteiger partial charge in [-0.3, -0.25) is 4.79 Å². The fourth-order valence-corrected chi connectivity index (χ4v) is 2.35. The molecule has 1 unspecified atom stereocenters. The Bertz CT molecular complexity index is 417. The van der Waals surface area contributed by atoms with Crippen molar-refractivity contribution in [3.63, 3.8) is 0 Å². The molecule has 1 aromatic carbocycles. The molecule has 4 nitrogen and oxygen atoms in total. The number of hydrogen-bond donors (Lipinski definition) is 1. The van der Waals surface area contributed by atoms with Crippen LogP contribution in [0, 0.1) is 5.82 Å². The highest BCUT2D eigenvalue weighted by molar-refractivity contribution is 8.00. The zero-order valence-corrected chi connectivity index (χ0v) is 11.8. The second kappa shape index (κ2) is 8.14. The van der Waals surface area contributed by atoms with E-state index in [0.29, 0.717) is 4.90 Å². The van der Waals surface area contributed by atoms with Gasteiger partial charge in [0.1, 0.15) is 5.82 Å². The Morgan fingerprint density at radius 1 is 1.53 bits per heavy atom. The number of carbonyl (C=O) groups is 1. The number of benzene rings is 1. The van der Waals surface area contributed by atoms with Crippen LogP contribution in [-0.4, -0.2) is 55.1 Å². The Hall–Kier alpha value is -1.11. The van der Waals surface area contributed by atoms with E-state index in [1.54, 1.807) is 25.2 Å². The van der Waals surface area contributed by atoms with E-state index < -0.39 is 6.10 Å². The minimum Gasteiger partial charge on any atom is -0.389 e. The van der Waals surface area contributed by atoms with Crippen LogP contribution in [0.1, 0.15) is 0 Å². The van der Waals surface area contributed by atoms with Crippen molar-refractivity contribution in [2.75, 3.05) is 33.1 Å². The molecule has 0 heterocycles. The van der Waals surface area contributed by atoms with Crippen molar-refractivity contribution in [3.8, 4) is 0 Å². The third kappa shape index (κ3) is 5.59. The highest BCUT2D eigenvalue weighted by Gasteiger charge is 2.14. The third-order valence-electron chi connectivity index (χ3n) is 2.46. The number of halogens is 1. The fraction of sp³-hybridized carbons (Fsp3) is 0.462. The quantitative estimate of drug-likeness (QED) is 0.770. The van der Waals surface area contributed by atoms with Gasteiger partial charge in [-0.25, -0.2) is 4.39 Å². The molecule has 1 aromatic rings. The average molecular weight is 287 g/mol. The molecule has 0 aliphatic carbocycles. The summed E-state index contributed by atoms with van der Waals surface area (Å²) in [6.07, 6.45) is -0.711. The van der Waals surface area contributed by atoms with Crippen molar-refractivity contribution in [2.45, 2.75) is 11.0 Å². The Morgan fingerprint density at radius 2 is 2.21 bits per heavy atom. The third-order valence-corrected chi connectivity index (χ3v) is 3.49. The number of amides is 1. The van der Waals surface area contributed by atoms with Gasteiger partial charge < -0.3 is 14.7 Å². The zero-order chi connectivity index (χ0) is 14.3. The Balaban J connectivity index is 2.40. The predicted molar refractivity (Wildman–Crippen MR) is 72.6 cm³/mol. The van der Waals surface area contributed by atoms with E-state index in [9.17, 15) is 14.3 Å². The Labute approximate surface area is 116 Å². The normalized spacial score (nSPS) is 12.2. The molecule has 106 valence electrons. The molecule has 0 bridgehead atoms. The van der Waals surface area contributed by atoms with Crippen LogP contribution in [0.2, 0.25) is 0 Å². The zero-order valence-electron chi connectivity index (χ0n) is 11.0. The summed E-state index contributed by atoms with van der Waals surface area (Å²) in [6, 6.07) is 6.32. The molecular formula is C13H18FNO3S. The number of methoxy groups -OCH3 is 1. The van der Waals surface area contributed by atoms with E-state index in [4.69, 9.17) is 4.74 Å². The van der Waals surface area contributed by atoms with Gasteiger partial charge in [0.25, 0.3) is 0 Å². The van der Waals surface area contributed by atoms with Gasteiger partial charge in [0.2, 0.25) is 5.91 Å². The van der Waals surface area contributed by atoms with Crippen molar-refractivity contribution in [3.05, 3.63) is 30.1 Å². The SMILES string of the molecule is COCC(O)CN(C)C(=O)CSc1ccccc1F. The molecule has 6 heteroatoms. The molecule has 0 spiro atoms. The maximum atomic E-state index is 13.3. The van der Waals surface area contributed by atoms with Crippen molar-refractivity contribution in [2.24, 2.45) is 0 Å². The van der Waals surface area contributed by atoms with Gasteiger partial charge in [-0.1, -0.05) is 12.1 Å². The van der Waals surface area contributed by atoms with Crippen LogP contribution in [-0.2, 0) is 9.53 Å². The molecule has 19 heavy (non-hydrogen) atoms. The molecule has 0 aliphatic rings. The van der Waals surface area contributed by atoms with Crippen molar-refractivity contribution in [1.82, 2.24) is 4.90 Å². The van der Waals surface area contributed by atoms with Gasteiger partial charge >= 0.3 is 0 Å². The average Bonchev–Trinajstić information content (AvgIpc) is 2.37. The number of carbonyl (C=O) groups excluding carboxylic acids is 1. The molecule has 0 radical (unpaired) electrons. The topological polar surface area (TPSA) is 49.8 Å². The summed E-state index contributed by atoms with van der Waals surface area (Å²) in [6.45, 7) is 0.378. The molecular weight excluding hydrogens is 269 g/mol. The number of thioether (sulfide) groups is 1. The van der Waals surface area contributed by atoms with Gasteiger partial charge in [-0.15, -0.1) is 11.8 Å². The van der Waals surface area contributed by atoms with Gasteiger partial charge in [-0.05, 0) is 12.1 Å². The van der Waals surface area contributed by atoms with Crippen LogP contribution in [0.25, 0.3) is 0 Å². The first kappa shape index (κ1) is 15.9. The number of ether oxygens (including phenoxy) is 1. The first-order chi connectivity index (χ1) is 9.04. The lowest BCUT2D eigenvalue weighted by Gasteiger charge is -2.20. The largest absolute Gasteiger partial charge is 0.389 e. The fourth-order valence-electron chi connectivity index (χ4n) is 1.47. The van der Waals surface area contributed by atoms with Crippen LogP contribution in [0.5, 0.6) is 0 Å². The summed E-state index contributed by atoms with van der Waals surface area (Å²) >= 11 is 1.14. The molecule has 0 saturated heterocycles. The lowest BCUT2D eigenvalue weighted by Crippen LogP contribution is -2.37. The predicted octanol–water partition coefficient (Wildman–Crippen LogP) is 1.38. The van der Waals surface area contributed by atoms with Crippen LogP contribution in [0.15, 0.2) is 29.2 Å². The number of hydrogen-bond acceptors (Lipinski definition) is 4. The number of likely N-dealkylation sites (N-methyl/N-ethyl adjacent to an activating group) is 1. The van der Waals surface area contributed by atoms with E-state index in [1.165, 1.54) is 18.1 Å². The molecule has 0 fully saturated rings. The van der Waals surface area contributed by atoms with Gasteiger partial charge in [0.05, 0.1) is 18.5 Å². The molecule has 1 N–H and O–H groups in total. The van der Waals surface area contributed by atoms with Gasteiger partial charge in [-0.2, -0.15) is 0 Å². The summed E-state index contributed by atoms with van der Waals surface area (Å²) in [5.74, 6) is -0.359. The second-order valence-electron chi connectivity index (χ2n) is 4.10. The summed E-state index contributed by atoms with van der Waals surface area (Å²) in [5, 5.41) is 9.51. The van der Waals surface area contributed by atoms with Crippen LogP contribution in [0.4, 0.5) is 4.39 Å². The summed E-state index contributed by atoms with van der Waals surface area (Å²) in [5.41, 5.74) is 0. The summed E-state index contributed by atoms with van der Waals surface area (Å²) in [4.78, 5) is 13.7. The van der Waals surface area contributed by atoms with Crippen LogP contribution < -0.4 is 0 Å². The van der Waals surface area contributed by atoms with Gasteiger partial charge in [0.15, 0.2) is 0 Å². The van der Waals surface area contributed by atoms with E-state index in [0.717, 1.165) is 11.8 Å². The minimum absolute atomic E-state index is 0.136. The maximum absolute atomic E-state index is 13.3. The summed E-state index contributed by atoms with van der Waals surface area (Å²) < 4.78 is 18.1. The lowest BCUT2D eigenvalue weighted by molar-refractivity contribution is -0.128. The molecule has 1 amide bonds. The van der Waals surface area contributed by atoms with E-state index >= 15 is 0 Å². The highest BCUT2D eigenvalue weighted by atomic mass is 32.2. The molecule has 0 aliphatic heterocycles. The van der Waals surface area contributed by atoms with Crippen molar-refractivity contribution < 1.29 is 19.0 Å². The maximum Gasteiger partial charge on any atom is 0.232 e. The number of aliphatic hydroxyl groups is 1. The minimum atomic E-state index is -0.711. The van der Waals surface area contributed by atoms with E-state index in [2.05, 4.69) is 0 Å². The van der Waals surface area contributed by atoms with E-state index in [-0.39, 0.29) is 30.6 Å². The number of rotatable bonds is 7. The number of nitrogens with zero attached hydrogens (tertiary/aromatic N) is 1. The highest BCUT2D eigenvalue weighted by Crippen LogP contribution is 2.21. The van der Waals surface area contributed by atoms with Crippen molar-refractivity contribution >= 4 is 17.7 Å². The Morgan fingerprint density at radius 3 is 2.84 bits per heavy atom. The summed E-state index contributed by atoms with van der Waals surface area (Å²) in [7, 11) is 3.09. The van der Waals surface area contributed by atoms with Crippen LogP contribution >= 0.6 is 11.8 Å². The first-order valence-corrected chi connectivity index (χ1v) is 6.81. The molecule has 0 saturated carbocycles. The second-order valence-corrected chi connectivity index (χ2v) is 5.12. The van der Waals surface area contributed by atoms with Gasteiger partial charge in [0, 0.05) is 25.6 Å². The Kier molecular flexibility index (Phi) is 6.83. The molecule has 1 atom stereocenters. The monoisotopic (exact) mass is 287 g/mol. The lowest BCUT2D eigenvalue weighted by atomic mass is 10.3. The first-order valence-electron chi connectivity index (χ1n) is 5.83. The number of aliphatic hydroxyl groups excluding tert-OH is 1. The standard InChI is InChI=1S/C13H18FNO3S/c1-15(7-10(16)8-18-2)13(17)9-19-12-6-4-3-5-11(12)14/h3-6,10,16H,7-9H2,1-2H3. The molecule has 1 rings (SSSR count). The van der Waals surface area contributed by atoms with E-state index in [1.807, 2.05) is 0 Å².